The molecule has 6 rings (SSSR count). The number of ether oxygens (including phenoxy) is 5. The fraction of sp³-hybridized carbons (Fsp3) is 0.617. The summed E-state index contributed by atoms with van der Waals surface area (Å²) in [6, 6.07) is 0. The van der Waals surface area contributed by atoms with Gasteiger partial charge in [-0.2, -0.15) is 0 Å². The van der Waals surface area contributed by atoms with E-state index in [0.29, 0.717) is 25.7 Å². The Bertz CT molecular complexity index is 1570. The lowest BCUT2D eigenvalue weighted by Gasteiger charge is -2.40. The lowest BCUT2D eigenvalue weighted by molar-refractivity contribution is -0.175. The van der Waals surface area contributed by atoms with Crippen LogP contribution in [0.3, 0.4) is 0 Å². The molecule has 4 N–H and O–H groups in total. The summed E-state index contributed by atoms with van der Waals surface area (Å²) >= 11 is 0. The highest BCUT2D eigenvalue weighted by atomic mass is 16.6. The van der Waals surface area contributed by atoms with Crippen molar-refractivity contribution in [1.82, 2.24) is 0 Å². The predicted octanol–water partition coefficient (Wildman–Crippen LogP) is 6.80. The fourth-order valence-electron chi connectivity index (χ4n) is 8.38. The lowest BCUT2D eigenvalue weighted by Crippen LogP contribution is -2.50. The lowest BCUT2D eigenvalue weighted by atomic mass is 9.85. The Morgan fingerprint density at radius 3 is 2.34 bits per heavy atom. The van der Waals surface area contributed by atoms with Gasteiger partial charge in [-0.3, -0.25) is 4.79 Å². The van der Waals surface area contributed by atoms with Crippen molar-refractivity contribution in [3.8, 4) is 0 Å². The van der Waals surface area contributed by atoms with Crippen molar-refractivity contribution in [1.29, 1.82) is 0 Å². The maximum absolute atomic E-state index is 13.0. The number of rotatable bonds is 7. The number of carboxylic acids is 1. The molecule has 0 saturated carbocycles. The molecule has 0 amide bonds. The molecule has 0 aromatic heterocycles. The highest BCUT2D eigenvalue weighted by molar-refractivity contribution is 5.82. The molecular formula is C47H66O11. The highest BCUT2D eigenvalue weighted by Crippen LogP contribution is 2.38. The maximum atomic E-state index is 13.0. The van der Waals surface area contributed by atoms with Gasteiger partial charge in [0.05, 0.1) is 42.7 Å². The van der Waals surface area contributed by atoms with Crippen LogP contribution in [0.25, 0.3) is 0 Å². The number of aliphatic carboxylic acids is 1. The number of aliphatic hydroxyl groups excluding tert-OH is 3. The molecule has 3 fully saturated rings. The van der Waals surface area contributed by atoms with Gasteiger partial charge in [0, 0.05) is 37.2 Å². The Morgan fingerprint density at radius 2 is 1.53 bits per heavy atom. The van der Waals surface area contributed by atoms with Gasteiger partial charge in [0.2, 0.25) is 0 Å². The van der Waals surface area contributed by atoms with Gasteiger partial charge >= 0.3 is 11.9 Å². The van der Waals surface area contributed by atoms with Gasteiger partial charge in [0.15, 0.2) is 6.10 Å². The number of carbonyl (C=O) groups excluding carboxylic acids is 1. The second-order valence-electron chi connectivity index (χ2n) is 16.6. The molecule has 3 saturated heterocycles. The van der Waals surface area contributed by atoms with Crippen molar-refractivity contribution < 1.29 is 53.7 Å². The largest absolute Gasteiger partial charge is 0.481 e. The fourth-order valence-corrected chi connectivity index (χ4v) is 8.38. The molecule has 6 aliphatic heterocycles. The molecule has 0 aromatic rings. The van der Waals surface area contributed by atoms with Crippen LogP contribution in [0.15, 0.2) is 96.7 Å². The van der Waals surface area contributed by atoms with E-state index in [2.05, 4.69) is 32.1 Å². The molecule has 11 heteroatoms. The van der Waals surface area contributed by atoms with Crippen LogP contribution in [0.5, 0.6) is 0 Å². The van der Waals surface area contributed by atoms with Crippen molar-refractivity contribution in [3.63, 3.8) is 0 Å². The second-order valence-corrected chi connectivity index (χ2v) is 16.6. The van der Waals surface area contributed by atoms with Crippen molar-refractivity contribution in [2.45, 2.75) is 165 Å². The molecule has 0 unspecified atom stereocenters. The van der Waals surface area contributed by atoms with Crippen molar-refractivity contribution in [2.24, 2.45) is 17.8 Å². The monoisotopic (exact) mass is 806 g/mol. The number of carboxylic acid groups (broad SMARTS) is 1. The molecule has 0 aromatic carbocycles. The van der Waals surface area contributed by atoms with E-state index in [9.17, 15) is 24.9 Å². The van der Waals surface area contributed by atoms with E-state index < -0.39 is 48.6 Å². The van der Waals surface area contributed by atoms with Gasteiger partial charge in [-0.15, -0.1) is 0 Å². The van der Waals surface area contributed by atoms with Crippen LogP contribution in [-0.2, 0) is 33.3 Å². The standard InChI is InChI=1S/C47H66O11/c1-30(17-14-15-23-44(50)51)27-31(2)47-40-26-25-34(54-47)18-10-6-5-7-11-19-35(48)46(53)43-28-36(49)32(3)37(56-43)21-16-22-38-33(4)41-29-42(55-38)39(57-41)20-12-8-9-13-24-45(52)58-40/h6,8-13,16,19-20,22,24-27,30,32-43,46-49,53H,5,7,14-15,17-18,21,23,28-29H2,1-4H3,(H,50,51)/b9-8-,10-6+,19-11+,20-12+,22-16+,24-13-,31-27+/t30-,32-,33+,34+,35+,36+,37-,38+,39-,40+,41-,42-,43-,46+,47+/m1/s1. The summed E-state index contributed by atoms with van der Waals surface area (Å²) in [5, 5.41) is 41.7. The predicted molar refractivity (Wildman–Crippen MR) is 222 cm³/mol. The van der Waals surface area contributed by atoms with Crippen LogP contribution >= 0.6 is 0 Å². The van der Waals surface area contributed by atoms with Gasteiger partial charge in [-0.05, 0) is 63.0 Å². The molecule has 320 valence electrons. The van der Waals surface area contributed by atoms with Gasteiger partial charge in [0.1, 0.15) is 24.4 Å². The highest BCUT2D eigenvalue weighted by Gasteiger charge is 2.45. The van der Waals surface area contributed by atoms with Crippen LogP contribution in [0.2, 0.25) is 0 Å². The topological polar surface area (TPSA) is 161 Å². The van der Waals surface area contributed by atoms with Crippen LogP contribution < -0.4 is 0 Å². The quantitative estimate of drug-likeness (QED) is 0.122. The third kappa shape index (κ3) is 13.6. The van der Waals surface area contributed by atoms with E-state index in [0.717, 1.165) is 31.3 Å². The molecule has 0 aliphatic carbocycles. The third-order valence-electron chi connectivity index (χ3n) is 12.0. The maximum Gasteiger partial charge on any atom is 0.331 e. The van der Waals surface area contributed by atoms with Crippen molar-refractivity contribution >= 4 is 11.9 Å². The average Bonchev–Trinajstić information content (AvgIpc) is 3.54. The molecule has 0 radical (unpaired) electrons. The average molecular weight is 807 g/mol. The summed E-state index contributed by atoms with van der Waals surface area (Å²) < 4.78 is 31.5. The number of esters is 1. The van der Waals surface area contributed by atoms with Crippen LogP contribution in [0.1, 0.15) is 91.9 Å². The normalized spacial score (nSPS) is 41.7. The first-order chi connectivity index (χ1) is 27.9. The Morgan fingerprint density at radius 1 is 0.759 bits per heavy atom. The minimum atomic E-state index is -1.18. The number of unbranched alkanes of at least 4 members (excludes halogenated alkanes) is 1. The van der Waals surface area contributed by atoms with E-state index >= 15 is 0 Å². The molecule has 11 nitrogen and oxygen atoms in total. The van der Waals surface area contributed by atoms with Gasteiger partial charge in [-0.25, -0.2) is 4.79 Å². The zero-order chi connectivity index (χ0) is 41.6. The molecule has 6 aliphatic rings. The van der Waals surface area contributed by atoms with E-state index in [1.54, 1.807) is 18.2 Å². The first-order valence-electron chi connectivity index (χ1n) is 21.3. The van der Waals surface area contributed by atoms with Crippen LogP contribution in [0.4, 0.5) is 0 Å². The number of carbonyl (C=O) groups is 2. The van der Waals surface area contributed by atoms with Crippen LogP contribution in [0, 0.1) is 17.8 Å². The van der Waals surface area contributed by atoms with E-state index in [4.69, 9.17) is 28.8 Å². The zero-order valence-electron chi connectivity index (χ0n) is 34.5. The molecular weight excluding hydrogens is 741 g/mol. The zero-order valence-corrected chi connectivity index (χ0v) is 34.5. The van der Waals surface area contributed by atoms with Crippen molar-refractivity contribution in [2.75, 3.05) is 0 Å². The second kappa shape index (κ2) is 22.8. The van der Waals surface area contributed by atoms with Crippen LogP contribution in [-0.4, -0.2) is 106 Å². The Balaban J connectivity index is 1.29. The van der Waals surface area contributed by atoms with Crippen molar-refractivity contribution in [3.05, 3.63) is 96.7 Å². The minimum absolute atomic E-state index is 0.0508. The minimum Gasteiger partial charge on any atom is -0.481 e. The Labute approximate surface area is 344 Å². The number of allylic oxidation sites excluding steroid dienone is 7. The Kier molecular flexibility index (Phi) is 18.0. The van der Waals surface area contributed by atoms with Gasteiger partial charge < -0.3 is 44.1 Å². The molecule has 58 heavy (non-hydrogen) atoms. The summed E-state index contributed by atoms with van der Waals surface area (Å²) in [5.74, 6) is -1.09. The number of hydrogen-bond acceptors (Lipinski definition) is 10. The summed E-state index contributed by atoms with van der Waals surface area (Å²) in [5.41, 5.74) is 0.945. The first-order valence-corrected chi connectivity index (χ1v) is 21.3. The number of hydrogen-bond donors (Lipinski definition) is 4. The summed E-state index contributed by atoms with van der Waals surface area (Å²) in [4.78, 5) is 23.9. The number of aliphatic hydroxyl groups is 3. The van der Waals surface area contributed by atoms with E-state index in [1.165, 1.54) is 6.08 Å². The molecule has 7 bridgehead atoms. The first kappa shape index (κ1) is 45.7. The molecule has 15 atom stereocenters. The molecule has 0 spiro atoms. The molecule has 6 heterocycles. The van der Waals surface area contributed by atoms with Gasteiger partial charge in [0.25, 0.3) is 0 Å². The third-order valence-corrected chi connectivity index (χ3v) is 12.0. The van der Waals surface area contributed by atoms with Gasteiger partial charge in [-0.1, -0.05) is 106 Å². The Hall–Kier alpha value is -3.42. The summed E-state index contributed by atoms with van der Waals surface area (Å²) in [7, 11) is 0. The number of fused-ring (bicyclic) bond motifs is 13. The van der Waals surface area contributed by atoms with E-state index in [1.807, 2.05) is 62.5 Å². The summed E-state index contributed by atoms with van der Waals surface area (Å²) in [6.07, 6.45) is 28.3. The van der Waals surface area contributed by atoms with E-state index in [-0.39, 0.29) is 67.2 Å². The SMILES string of the molecule is C/C(=C\[C@H](C)CCCCC(=O)O)[C@@H]1O[C@@H]2C=C[C@@H]1OC(=O)\C=C/C=C\C=C\[C@H]1O[C@@H]3C[C@H]1O[C@@H](/C=C/C[C@H]1O[C@H](C[C@H](O)[C@H]1C)[C@@H](O)[C@@H](O)/C=C/CC/C=C/C2)[C@@H]3C. The summed E-state index contributed by atoms with van der Waals surface area (Å²) in [6.45, 7) is 8.15. The smallest absolute Gasteiger partial charge is 0.331 e.